The monoisotopic (exact) mass is 336 g/mol. The molecule has 0 spiro atoms. The number of carbonyl (C=O) groups is 2. The first-order chi connectivity index (χ1) is 12.1. The number of ether oxygens (including phenoxy) is 1. The molecular weight excluding hydrogens is 320 g/mol. The smallest absolute Gasteiger partial charge is 0.338 e. The van der Waals surface area contributed by atoms with Crippen molar-refractivity contribution in [3.63, 3.8) is 0 Å². The van der Waals surface area contributed by atoms with E-state index in [0.29, 0.717) is 28.2 Å². The van der Waals surface area contributed by atoms with Crippen LogP contribution in [0.15, 0.2) is 59.3 Å². The van der Waals surface area contributed by atoms with Gasteiger partial charge in [0.05, 0.1) is 24.4 Å². The largest absolute Gasteiger partial charge is 0.465 e. The zero-order valence-corrected chi connectivity index (χ0v) is 13.8. The van der Waals surface area contributed by atoms with Gasteiger partial charge in [0, 0.05) is 18.8 Å². The second-order valence-corrected chi connectivity index (χ2v) is 5.34. The molecule has 126 valence electrons. The number of nitrogens with zero attached hydrogens (tertiary/aromatic N) is 2. The van der Waals surface area contributed by atoms with Crippen LogP contribution in [0.1, 0.15) is 26.5 Å². The predicted octanol–water partition coefficient (Wildman–Crippen LogP) is 3.36. The Hall–Kier alpha value is -3.41. The van der Waals surface area contributed by atoms with Gasteiger partial charge < -0.3 is 9.15 Å². The lowest BCUT2D eigenvalue weighted by Gasteiger charge is -2.04. The van der Waals surface area contributed by atoms with Gasteiger partial charge in [-0.25, -0.2) is 4.79 Å². The quantitative estimate of drug-likeness (QED) is 0.406. The summed E-state index contributed by atoms with van der Waals surface area (Å²) in [4.78, 5) is 23.9. The molecule has 0 saturated carbocycles. The normalized spacial score (nSPS) is 11.0. The summed E-state index contributed by atoms with van der Waals surface area (Å²) in [7, 11) is 3.08. The number of esters is 1. The summed E-state index contributed by atoms with van der Waals surface area (Å²) in [6.07, 6.45) is 6.16. The highest BCUT2D eigenvalue weighted by Gasteiger charge is 2.15. The Bertz CT molecular complexity index is 950. The number of ketones is 1. The fraction of sp³-hybridized carbons (Fsp3) is 0.105. The molecule has 0 bridgehead atoms. The molecule has 0 aliphatic heterocycles. The van der Waals surface area contributed by atoms with E-state index in [1.165, 1.54) is 19.4 Å². The minimum atomic E-state index is -0.434. The number of aryl methyl sites for hydroxylation is 1. The highest BCUT2D eigenvalue weighted by molar-refractivity contribution is 6.06. The number of furan rings is 1. The standard InChI is InChI=1S/C19H16N2O4/c1-21-12-13(11-20-21)17(22)9-7-14-8-10-18(25-14)15-5-3-4-6-16(15)19(23)24-2/h3-12H,1-2H3. The Labute approximate surface area is 144 Å². The molecule has 6 nitrogen and oxygen atoms in total. The summed E-state index contributed by atoms with van der Waals surface area (Å²) in [5.41, 5.74) is 1.55. The second-order valence-electron chi connectivity index (χ2n) is 5.34. The minimum Gasteiger partial charge on any atom is -0.465 e. The van der Waals surface area contributed by atoms with Crippen molar-refractivity contribution in [2.45, 2.75) is 0 Å². The highest BCUT2D eigenvalue weighted by atomic mass is 16.5. The van der Waals surface area contributed by atoms with E-state index in [1.807, 2.05) is 6.07 Å². The van der Waals surface area contributed by atoms with Crippen LogP contribution in [0, 0.1) is 0 Å². The van der Waals surface area contributed by atoms with Crippen LogP contribution in [-0.2, 0) is 11.8 Å². The lowest BCUT2D eigenvalue weighted by molar-refractivity contribution is 0.0601. The van der Waals surface area contributed by atoms with Crippen molar-refractivity contribution in [1.82, 2.24) is 9.78 Å². The molecule has 0 saturated heterocycles. The van der Waals surface area contributed by atoms with Crippen molar-refractivity contribution >= 4 is 17.8 Å². The molecule has 1 aromatic carbocycles. The maximum Gasteiger partial charge on any atom is 0.338 e. The van der Waals surface area contributed by atoms with E-state index < -0.39 is 5.97 Å². The first-order valence-electron chi connectivity index (χ1n) is 7.57. The number of hydrogen-bond donors (Lipinski definition) is 0. The fourth-order valence-electron chi connectivity index (χ4n) is 2.38. The molecule has 3 aromatic rings. The van der Waals surface area contributed by atoms with Crippen molar-refractivity contribution in [2.75, 3.05) is 7.11 Å². The van der Waals surface area contributed by atoms with Crippen molar-refractivity contribution in [3.8, 4) is 11.3 Å². The third-order valence-electron chi connectivity index (χ3n) is 3.61. The Kier molecular flexibility index (Phi) is 4.61. The third-order valence-corrected chi connectivity index (χ3v) is 3.61. The Morgan fingerprint density at radius 1 is 1.20 bits per heavy atom. The molecule has 25 heavy (non-hydrogen) atoms. The molecule has 3 rings (SSSR count). The van der Waals surface area contributed by atoms with Crippen LogP contribution < -0.4 is 0 Å². The Morgan fingerprint density at radius 2 is 2.00 bits per heavy atom. The van der Waals surface area contributed by atoms with Crippen LogP contribution >= 0.6 is 0 Å². The predicted molar refractivity (Wildman–Crippen MR) is 92.1 cm³/mol. The van der Waals surface area contributed by atoms with Gasteiger partial charge in [-0.05, 0) is 30.4 Å². The lowest BCUT2D eigenvalue weighted by Crippen LogP contribution is -2.02. The van der Waals surface area contributed by atoms with Gasteiger partial charge in [-0.1, -0.05) is 18.2 Å². The molecule has 0 atom stereocenters. The SMILES string of the molecule is COC(=O)c1ccccc1-c1ccc(C=CC(=O)c2cnn(C)c2)o1. The second kappa shape index (κ2) is 7.00. The van der Waals surface area contributed by atoms with Crippen LogP contribution in [0.3, 0.4) is 0 Å². The molecule has 6 heteroatoms. The molecule has 0 unspecified atom stereocenters. The molecule has 0 N–H and O–H groups in total. The molecule has 0 radical (unpaired) electrons. The van der Waals surface area contributed by atoms with E-state index in [0.717, 1.165) is 0 Å². The third kappa shape index (κ3) is 3.58. The summed E-state index contributed by atoms with van der Waals surface area (Å²) < 4.78 is 12.1. The first kappa shape index (κ1) is 16.4. The maximum absolute atomic E-state index is 12.0. The van der Waals surface area contributed by atoms with Gasteiger partial charge in [0.1, 0.15) is 11.5 Å². The van der Waals surface area contributed by atoms with E-state index in [-0.39, 0.29) is 5.78 Å². The average molecular weight is 336 g/mol. The van der Waals surface area contributed by atoms with E-state index in [2.05, 4.69) is 5.10 Å². The average Bonchev–Trinajstić information content (AvgIpc) is 3.28. The van der Waals surface area contributed by atoms with Gasteiger partial charge in [0.15, 0.2) is 5.78 Å². The van der Waals surface area contributed by atoms with E-state index in [1.54, 1.807) is 54.3 Å². The van der Waals surface area contributed by atoms with E-state index >= 15 is 0 Å². The van der Waals surface area contributed by atoms with Gasteiger partial charge >= 0.3 is 5.97 Å². The summed E-state index contributed by atoms with van der Waals surface area (Å²) in [5.74, 6) is 0.429. The van der Waals surface area contributed by atoms with Crippen molar-refractivity contribution in [3.05, 3.63) is 71.8 Å². The summed E-state index contributed by atoms with van der Waals surface area (Å²) >= 11 is 0. The van der Waals surface area contributed by atoms with E-state index in [4.69, 9.17) is 9.15 Å². The summed E-state index contributed by atoms with van der Waals surface area (Å²) in [5, 5.41) is 3.97. The van der Waals surface area contributed by atoms with Crippen molar-refractivity contribution in [2.24, 2.45) is 7.05 Å². The summed E-state index contributed by atoms with van der Waals surface area (Å²) in [6.45, 7) is 0. The van der Waals surface area contributed by atoms with E-state index in [9.17, 15) is 9.59 Å². The Balaban J connectivity index is 1.83. The molecule has 2 aromatic heterocycles. The van der Waals surface area contributed by atoms with Crippen molar-refractivity contribution < 1.29 is 18.7 Å². The van der Waals surface area contributed by atoms with Crippen LogP contribution in [0.2, 0.25) is 0 Å². The topological polar surface area (TPSA) is 74.3 Å². The minimum absolute atomic E-state index is 0.166. The van der Waals surface area contributed by atoms with Crippen LogP contribution in [0.25, 0.3) is 17.4 Å². The van der Waals surface area contributed by atoms with Gasteiger partial charge in [0.2, 0.25) is 0 Å². The van der Waals surface area contributed by atoms with Gasteiger partial charge in [-0.15, -0.1) is 0 Å². The highest BCUT2D eigenvalue weighted by Crippen LogP contribution is 2.27. The Morgan fingerprint density at radius 3 is 2.72 bits per heavy atom. The van der Waals surface area contributed by atoms with Crippen molar-refractivity contribution in [1.29, 1.82) is 0 Å². The number of methoxy groups -OCH3 is 1. The zero-order valence-electron chi connectivity index (χ0n) is 13.8. The number of hydrogen-bond acceptors (Lipinski definition) is 5. The van der Waals surface area contributed by atoms with Gasteiger partial charge in [-0.3, -0.25) is 9.48 Å². The number of allylic oxidation sites excluding steroid dienone is 1. The van der Waals surface area contributed by atoms with Gasteiger partial charge in [-0.2, -0.15) is 5.10 Å². The molecule has 0 fully saturated rings. The van der Waals surface area contributed by atoms with Crippen LogP contribution in [0.5, 0.6) is 0 Å². The molecule has 0 aliphatic carbocycles. The zero-order chi connectivity index (χ0) is 17.8. The molecule has 2 heterocycles. The molecule has 0 aliphatic rings. The number of carbonyl (C=O) groups excluding carboxylic acids is 2. The molecule has 0 amide bonds. The van der Waals surface area contributed by atoms with Crippen LogP contribution in [-0.4, -0.2) is 28.6 Å². The fourth-order valence-corrected chi connectivity index (χ4v) is 2.38. The number of benzene rings is 1. The summed E-state index contributed by atoms with van der Waals surface area (Å²) in [6, 6.07) is 10.5. The number of rotatable bonds is 5. The first-order valence-corrected chi connectivity index (χ1v) is 7.57. The lowest BCUT2D eigenvalue weighted by atomic mass is 10.1. The number of aromatic nitrogens is 2. The van der Waals surface area contributed by atoms with Gasteiger partial charge in [0.25, 0.3) is 0 Å². The van der Waals surface area contributed by atoms with Crippen LogP contribution in [0.4, 0.5) is 0 Å². The molecular formula is C19H16N2O4. The maximum atomic E-state index is 12.0.